The molecule has 4 aromatic rings. The first-order valence-corrected chi connectivity index (χ1v) is 13.8. The van der Waals surface area contributed by atoms with Gasteiger partial charge in [0.1, 0.15) is 28.9 Å². The fourth-order valence-electron chi connectivity index (χ4n) is 4.81. The normalized spacial score (nSPS) is 10.9. The van der Waals surface area contributed by atoms with Gasteiger partial charge in [-0.15, -0.1) is 0 Å². The molecule has 0 atom stereocenters. The van der Waals surface area contributed by atoms with Gasteiger partial charge < -0.3 is 14.7 Å². The summed E-state index contributed by atoms with van der Waals surface area (Å²) in [6.45, 7) is 4.22. The van der Waals surface area contributed by atoms with Crippen LogP contribution in [0.25, 0.3) is 0 Å². The first kappa shape index (κ1) is 29.5. The second-order valence-corrected chi connectivity index (χ2v) is 10.1. The monoisotopic (exact) mass is 560 g/mol. The smallest absolute Gasteiger partial charge is 0.274 e. The van der Waals surface area contributed by atoms with Crippen LogP contribution in [0, 0.1) is 28.7 Å². The topological polar surface area (TPSA) is 75.8 Å². The van der Waals surface area contributed by atoms with Gasteiger partial charge in [-0.3, -0.25) is 10.1 Å². The molecule has 0 amide bonds. The first-order chi connectivity index (χ1) is 19.7. The van der Waals surface area contributed by atoms with Gasteiger partial charge in [0.05, 0.1) is 10.5 Å². The van der Waals surface area contributed by atoms with Crippen molar-refractivity contribution < 1.29 is 23.5 Å². The Bertz CT molecular complexity index is 1490. The first-order valence-electron chi connectivity index (χ1n) is 13.8. The molecule has 0 radical (unpaired) electrons. The molecule has 0 aliphatic heterocycles. The van der Waals surface area contributed by atoms with Crippen molar-refractivity contribution in [1.29, 1.82) is 0 Å². The third kappa shape index (κ3) is 7.81. The number of hydrogen-bond acceptors (Lipinski definition) is 5. The molecule has 0 heterocycles. The fourth-order valence-corrected chi connectivity index (χ4v) is 4.81. The van der Waals surface area contributed by atoms with Crippen molar-refractivity contribution in [2.75, 3.05) is 4.90 Å². The van der Waals surface area contributed by atoms with Crippen LogP contribution in [-0.2, 0) is 19.5 Å². The largest absolute Gasteiger partial charge is 0.508 e. The lowest BCUT2D eigenvalue weighted by Gasteiger charge is -2.27. The van der Waals surface area contributed by atoms with Crippen LogP contribution in [0.3, 0.4) is 0 Å². The van der Waals surface area contributed by atoms with E-state index in [0.29, 0.717) is 29.3 Å². The van der Waals surface area contributed by atoms with Crippen molar-refractivity contribution >= 4 is 11.4 Å². The van der Waals surface area contributed by atoms with Crippen molar-refractivity contribution in [2.45, 2.75) is 59.0 Å². The highest BCUT2D eigenvalue weighted by Crippen LogP contribution is 2.32. The van der Waals surface area contributed by atoms with Gasteiger partial charge in [0.2, 0.25) is 0 Å². The summed E-state index contributed by atoms with van der Waals surface area (Å²) in [4.78, 5) is 12.9. The average molecular weight is 561 g/mol. The summed E-state index contributed by atoms with van der Waals surface area (Å²) in [5, 5.41) is 22.0. The molecule has 8 heteroatoms. The van der Waals surface area contributed by atoms with E-state index in [9.17, 15) is 24.0 Å². The molecule has 41 heavy (non-hydrogen) atoms. The Kier molecular flexibility index (Phi) is 9.90. The maximum Gasteiger partial charge on any atom is 0.274 e. The lowest BCUT2D eigenvalue weighted by atomic mass is 10.1. The van der Waals surface area contributed by atoms with Crippen molar-refractivity contribution in [2.24, 2.45) is 0 Å². The standard InChI is InChI=1S/C33H34F2N2O4/c1-3-4-5-6-8-25-14-18-29(20-33(25)38)41-28-16-11-24(12-17-28)21-36(22-26-13-15-27(34)19-30(26)35)31-9-7-10-32(23(31)2)37(39)40/h7,9-20,38H,3-6,8,21-22H2,1-2H3. The molecule has 4 aromatic carbocycles. The van der Waals surface area contributed by atoms with Crippen molar-refractivity contribution in [3.05, 3.63) is 123 Å². The van der Waals surface area contributed by atoms with Crippen molar-refractivity contribution in [3.8, 4) is 17.2 Å². The molecule has 0 aromatic heterocycles. The van der Waals surface area contributed by atoms with Gasteiger partial charge >= 0.3 is 0 Å². The summed E-state index contributed by atoms with van der Waals surface area (Å²) >= 11 is 0. The number of phenols is 1. The number of aromatic hydroxyl groups is 1. The minimum Gasteiger partial charge on any atom is -0.508 e. The van der Waals surface area contributed by atoms with Gasteiger partial charge in [0.25, 0.3) is 5.69 Å². The number of anilines is 1. The second-order valence-electron chi connectivity index (χ2n) is 10.1. The van der Waals surface area contributed by atoms with Gasteiger partial charge in [-0.05, 0) is 61.2 Å². The van der Waals surface area contributed by atoms with E-state index in [4.69, 9.17) is 4.74 Å². The number of benzene rings is 4. The number of halogens is 2. The number of ether oxygens (including phenoxy) is 1. The molecular formula is C33H34F2N2O4. The number of aryl methyl sites for hydroxylation is 1. The van der Waals surface area contributed by atoms with E-state index in [1.54, 1.807) is 37.3 Å². The van der Waals surface area contributed by atoms with E-state index in [0.717, 1.165) is 42.9 Å². The molecule has 0 saturated heterocycles. The van der Waals surface area contributed by atoms with E-state index >= 15 is 0 Å². The summed E-state index contributed by atoms with van der Waals surface area (Å²) in [7, 11) is 0. The zero-order chi connectivity index (χ0) is 29.4. The molecule has 6 nitrogen and oxygen atoms in total. The highest BCUT2D eigenvalue weighted by molar-refractivity contribution is 5.62. The second kappa shape index (κ2) is 13.7. The molecule has 0 bridgehead atoms. The zero-order valence-corrected chi connectivity index (χ0v) is 23.3. The predicted octanol–water partition coefficient (Wildman–Crippen LogP) is 9.01. The molecule has 0 aliphatic rings. The van der Waals surface area contributed by atoms with Crippen LogP contribution in [0.1, 0.15) is 54.9 Å². The molecular weight excluding hydrogens is 526 g/mol. The maximum atomic E-state index is 14.6. The van der Waals surface area contributed by atoms with Gasteiger partial charge in [0, 0.05) is 42.5 Å². The fraction of sp³-hybridized carbons (Fsp3) is 0.273. The maximum absolute atomic E-state index is 14.6. The van der Waals surface area contributed by atoms with Gasteiger partial charge in [-0.1, -0.05) is 56.5 Å². The summed E-state index contributed by atoms with van der Waals surface area (Å²) in [5.74, 6) is -0.0433. The Hall–Kier alpha value is -4.46. The number of unbranched alkanes of at least 4 members (excludes halogenated alkanes) is 3. The van der Waals surface area contributed by atoms with Crippen LogP contribution in [-0.4, -0.2) is 10.0 Å². The van der Waals surface area contributed by atoms with Gasteiger partial charge in [-0.25, -0.2) is 8.78 Å². The van der Waals surface area contributed by atoms with Gasteiger partial charge in [-0.2, -0.15) is 0 Å². The molecule has 0 saturated carbocycles. The third-order valence-electron chi connectivity index (χ3n) is 7.08. The molecule has 0 spiro atoms. The van der Waals surface area contributed by atoms with Crippen LogP contribution in [0.2, 0.25) is 0 Å². The molecule has 4 rings (SSSR count). The van der Waals surface area contributed by atoms with Crippen LogP contribution in [0.15, 0.2) is 78.9 Å². The molecule has 1 N–H and O–H groups in total. The molecule has 0 fully saturated rings. The average Bonchev–Trinajstić information content (AvgIpc) is 2.94. The number of phenolic OH excluding ortho intramolecular Hbond substituents is 1. The number of hydrogen-bond donors (Lipinski definition) is 1. The lowest BCUT2D eigenvalue weighted by molar-refractivity contribution is -0.385. The van der Waals surface area contributed by atoms with E-state index < -0.39 is 16.6 Å². The highest BCUT2D eigenvalue weighted by Gasteiger charge is 2.20. The Morgan fingerprint density at radius 2 is 1.61 bits per heavy atom. The predicted molar refractivity (Wildman–Crippen MR) is 157 cm³/mol. The molecule has 0 aliphatic carbocycles. The highest BCUT2D eigenvalue weighted by atomic mass is 19.1. The minimum atomic E-state index is -0.683. The number of nitro groups is 1. The van der Waals surface area contributed by atoms with E-state index in [2.05, 4.69) is 6.92 Å². The Morgan fingerprint density at radius 3 is 2.29 bits per heavy atom. The summed E-state index contributed by atoms with van der Waals surface area (Å²) < 4.78 is 34.0. The van der Waals surface area contributed by atoms with Crippen molar-refractivity contribution in [1.82, 2.24) is 0 Å². The lowest BCUT2D eigenvalue weighted by Crippen LogP contribution is -2.24. The Balaban J connectivity index is 1.51. The third-order valence-corrected chi connectivity index (χ3v) is 7.08. The number of nitro benzene ring substituents is 1. The quantitative estimate of drug-likeness (QED) is 0.100. The van der Waals surface area contributed by atoms with E-state index in [-0.39, 0.29) is 23.5 Å². The minimum absolute atomic E-state index is 0.0361. The summed E-state index contributed by atoms with van der Waals surface area (Å²) in [6.07, 6.45) is 5.34. The zero-order valence-electron chi connectivity index (χ0n) is 23.3. The van der Waals surface area contributed by atoms with Crippen LogP contribution in [0.4, 0.5) is 20.2 Å². The Morgan fingerprint density at radius 1 is 0.878 bits per heavy atom. The Labute approximate surface area is 239 Å². The number of rotatable bonds is 13. The summed E-state index contributed by atoms with van der Waals surface area (Å²) in [5.41, 5.74) is 3.02. The van der Waals surface area contributed by atoms with Crippen molar-refractivity contribution in [3.63, 3.8) is 0 Å². The van der Waals surface area contributed by atoms with Crippen LogP contribution in [0.5, 0.6) is 17.2 Å². The van der Waals surface area contributed by atoms with E-state index in [1.165, 1.54) is 24.6 Å². The number of nitrogens with zero attached hydrogens (tertiary/aromatic N) is 2. The molecule has 0 unspecified atom stereocenters. The van der Waals surface area contributed by atoms with E-state index in [1.807, 2.05) is 29.2 Å². The van der Waals surface area contributed by atoms with Gasteiger partial charge in [0.15, 0.2) is 0 Å². The van der Waals surface area contributed by atoms with Crippen LogP contribution >= 0.6 is 0 Å². The summed E-state index contributed by atoms with van der Waals surface area (Å²) in [6, 6.07) is 20.8. The SMILES string of the molecule is CCCCCCc1ccc(Oc2ccc(CN(Cc3ccc(F)cc3F)c3cccc([N+](=O)[O-])c3C)cc2)cc1O. The molecule has 214 valence electrons. The van der Waals surface area contributed by atoms with Crippen LogP contribution < -0.4 is 9.64 Å².